The molecule has 0 saturated heterocycles. The van der Waals surface area contributed by atoms with Crippen molar-refractivity contribution < 1.29 is 19.1 Å². The molecule has 1 aliphatic rings. The highest BCUT2D eigenvalue weighted by atomic mass is 32.2. The number of benzene rings is 3. The molecule has 0 radical (unpaired) electrons. The second kappa shape index (κ2) is 15.3. The Labute approximate surface area is 277 Å². The Bertz CT molecular complexity index is 1690. The number of aryl methyl sites for hydroxylation is 1. The predicted molar refractivity (Wildman–Crippen MR) is 188 cm³/mol. The first-order valence-corrected chi connectivity index (χ1v) is 17.0. The SMILES string of the molecule is COC(=O)c1c(NC(=O)C(Sc2cccc(NC(=S)Nc3ccc(C(C)=O)cc3)c2)c2ccccc2)sc2c1CCCCCC2. The van der Waals surface area contributed by atoms with Gasteiger partial charge in [0.15, 0.2) is 10.9 Å². The van der Waals surface area contributed by atoms with E-state index < -0.39 is 11.2 Å². The van der Waals surface area contributed by atoms with Gasteiger partial charge in [-0.2, -0.15) is 0 Å². The summed E-state index contributed by atoms with van der Waals surface area (Å²) in [5, 5.41) is 9.83. The number of fused-ring (bicyclic) bond motifs is 1. The zero-order valence-electron chi connectivity index (χ0n) is 25.2. The van der Waals surface area contributed by atoms with Gasteiger partial charge in [0.1, 0.15) is 10.3 Å². The van der Waals surface area contributed by atoms with Gasteiger partial charge in [0, 0.05) is 26.7 Å². The second-order valence-electron chi connectivity index (χ2n) is 10.8. The molecule has 232 valence electrons. The molecule has 0 saturated carbocycles. The molecule has 3 N–H and O–H groups in total. The summed E-state index contributed by atoms with van der Waals surface area (Å²) in [6, 6.07) is 24.4. The average molecular weight is 658 g/mol. The van der Waals surface area contributed by atoms with Crippen LogP contribution in [-0.4, -0.2) is 29.9 Å². The first-order valence-electron chi connectivity index (χ1n) is 14.9. The zero-order valence-corrected chi connectivity index (χ0v) is 27.6. The molecule has 3 aromatic carbocycles. The maximum absolute atomic E-state index is 14.0. The fraction of sp³-hybridized carbons (Fsp3) is 0.257. The lowest BCUT2D eigenvalue weighted by Gasteiger charge is -2.18. The van der Waals surface area contributed by atoms with Crippen molar-refractivity contribution in [3.05, 3.63) is 106 Å². The molecular weight excluding hydrogens is 623 g/mol. The number of methoxy groups -OCH3 is 1. The van der Waals surface area contributed by atoms with E-state index in [1.54, 1.807) is 24.3 Å². The minimum atomic E-state index is -0.582. The van der Waals surface area contributed by atoms with Crippen molar-refractivity contribution in [1.29, 1.82) is 0 Å². The molecule has 0 fully saturated rings. The first-order chi connectivity index (χ1) is 21.8. The van der Waals surface area contributed by atoms with E-state index in [0.717, 1.165) is 64.4 Å². The van der Waals surface area contributed by atoms with Crippen LogP contribution in [0.4, 0.5) is 16.4 Å². The molecule has 0 spiro atoms. The van der Waals surface area contributed by atoms with E-state index in [1.807, 2.05) is 54.6 Å². The molecule has 1 atom stereocenters. The highest BCUT2D eigenvalue weighted by Crippen LogP contribution is 2.41. The van der Waals surface area contributed by atoms with E-state index in [9.17, 15) is 14.4 Å². The van der Waals surface area contributed by atoms with Crippen molar-refractivity contribution >= 4 is 74.5 Å². The highest BCUT2D eigenvalue weighted by molar-refractivity contribution is 8.00. The summed E-state index contributed by atoms with van der Waals surface area (Å²) < 4.78 is 5.17. The van der Waals surface area contributed by atoms with Crippen LogP contribution >= 0.6 is 35.3 Å². The van der Waals surface area contributed by atoms with Crippen LogP contribution < -0.4 is 16.0 Å². The van der Waals surface area contributed by atoms with Gasteiger partial charge in [-0.05, 0) is 98.4 Å². The van der Waals surface area contributed by atoms with Gasteiger partial charge >= 0.3 is 5.97 Å². The number of esters is 1. The molecule has 5 rings (SSSR count). The maximum Gasteiger partial charge on any atom is 0.341 e. The van der Waals surface area contributed by atoms with Crippen molar-refractivity contribution in [2.75, 3.05) is 23.1 Å². The van der Waals surface area contributed by atoms with Crippen molar-refractivity contribution in [3.63, 3.8) is 0 Å². The van der Waals surface area contributed by atoms with E-state index >= 15 is 0 Å². The third-order valence-corrected chi connectivity index (χ3v) is 10.2. The Morgan fingerprint density at radius 3 is 2.27 bits per heavy atom. The third-order valence-electron chi connectivity index (χ3n) is 7.53. The topological polar surface area (TPSA) is 96.5 Å². The quantitative estimate of drug-likeness (QED) is 0.0712. The number of ether oxygens (including phenoxy) is 1. The van der Waals surface area contributed by atoms with E-state index in [1.165, 1.54) is 43.6 Å². The fourth-order valence-electron chi connectivity index (χ4n) is 5.27. The van der Waals surface area contributed by atoms with Gasteiger partial charge in [-0.15, -0.1) is 23.1 Å². The molecule has 45 heavy (non-hydrogen) atoms. The summed E-state index contributed by atoms with van der Waals surface area (Å²) in [4.78, 5) is 40.6. The molecule has 1 amide bonds. The number of nitrogens with one attached hydrogen (secondary N) is 3. The van der Waals surface area contributed by atoms with Crippen molar-refractivity contribution in [2.24, 2.45) is 0 Å². The van der Waals surface area contributed by atoms with Gasteiger partial charge in [0.2, 0.25) is 5.91 Å². The third kappa shape index (κ3) is 8.39. The molecule has 10 heteroatoms. The molecule has 1 unspecified atom stereocenters. The van der Waals surface area contributed by atoms with Crippen LogP contribution in [-0.2, 0) is 22.4 Å². The number of hydrogen-bond acceptors (Lipinski definition) is 7. The van der Waals surface area contributed by atoms with Crippen LogP contribution in [0.2, 0.25) is 0 Å². The van der Waals surface area contributed by atoms with E-state index in [2.05, 4.69) is 16.0 Å². The Hall–Kier alpha value is -3.99. The lowest BCUT2D eigenvalue weighted by atomic mass is 9.96. The Kier molecular flexibility index (Phi) is 11.0. The number of hydrogen-bond donors (Lipinski definition) is 3. The standard InChI is InChI=1S/C35H35N3O4S3/c1-22(39)23-17-19-25(20-18-23)36-35(43)37-26-13-10-14-27(21-26)44-31(24-11-6-5-7-12-24)32(40)38-33-30(34(41)42-2)28-15-8-3-4-9-16-29(28)45-33/h5-7,10-14,17-21,31H,3-4,8-9,15-16H2,1-2H3,(H,38,40)(H2,36,37,43). The normalized spacial score (nSPS) is 13.4. The number of thiocarbonyl (C=S) groups is 1. The van der Waals surface area contributed by atoms with Crippen molar-refractivity contribution in [1.82, 2.24) is 0 Å². The summed E-state index contributed by atoms with van der Waals surface area (Å²) in [6.45, 7) is 1.53. The van der Waals surface area contributed by atoms with E-state index in [4.69, 9.17) is 17.0 Å². The largest absolute Gasteiger partial charge is 0.465 e. The second-order valence-corrected chi connectivity index (χ2v) is 13.4. The maximum atomic E-state index is 14.0. The van der Waals surface area contributed by atoms with E-state index in [0.29, 0.717) is 21.2 Å². The van der Waals surface area contributed by atoms with Crippen LogP contribution in [0.5, 0.6) is 0 Å². The summed E-state index contributed by atoms with van der Waals surface area (Å²) in [6.07, 6.45) is 6.09. The van der Waals surface area contributed by atoms with Crippen LogP contribution in [0.15, 0.2) is 83.8 Å². The van der Waals surface area contributed by atoms with Gasteiger partial charge in [0.05, 0.1) is 12.7 Å². The number of amides is 1. The molecular formula is C35H35N3O4S3. The minimum absolute atomic E-state index is 0.00304. The van der Waals surface area contributed by atoms with Crippen LogP contribution in [0.1, 0.15) is 74.6 Å². The number of carbonyl (C=O) groups excluding carboxylic acids is 3. The van der Waals surface area contributed by atoms with Crippen molar-refractivity contribution in [2.45, 2.75) is 55.6 Å². The van der Waals surface area contributed by atoms with Gasteiger partial charge in [-0.3, -0.25) is 9.59 Å². The number of carbonyl (C=O) groups is 3. The first kappa shape index (κ1) is 32.4. The number of anilines is 3. The monoisotopic (exact) mass is 657 g/mol. The Morgan fingerprint density at radius 1 is 0.844 bits per heavy atom. The highest BCUT2D eigenvalue weighted by Gasteiger charge is 2.29. The zero-order chi connectivity index (χ0) is 31.8. The molecule has 4 aromatic rings. The van der Waals surface area contributed by atoms with Gasteiger partial charge < -0.3 is 20.7 Å². The number of ketones is 1. The molecule has 7 nitrogen and oxygen atoms in total. The van der Waals surface area contributed by atoms with Gasteiger partial charge in [-0.1, -0.05) is 49.2 Å². The van der Waals surface area contributed by atoms with Gasteiger partial charge in [-0.25, -0.2) is 4.79 Å². The van der Waals surface area contributed by atoms with E-state index in [-0.39, 0.29) is 11.7 Å². The van der Waals surface area contributed by atoms with Crippen LogP contribution in [0.3, 0.4) is 0 Å². The molecule has 0 bridgehead atoms. The number of thiophene rings is 1. The van der Waals surface area contributed by atoms with Crippen LogP contribution in [0.25, 0.3) is 0 Å². The summed E-state index contributed by atoms with van der Waals surface area (Å²) in [7, 11) is 1.38. The summed E-state index contributed by atoms with van der Waals surface area (Å²) in [5.74, 6) is -0.621. The number of thioether (sulfide) groups is 1. The lowest BCUT2D eigenvalue weighted by Crippen LogP contribution is -2.20. The predicted octanol–water partition coefficient (Wildman–Crippen LogP) is 8.68. The minimum Gasteiger partial charge on any atom is -0.465 e. The van der Waals surface area contributed by atoms with Gasteiger partial charge in [0.25, 0.3) is 0 Å². The average Bonchev–Trinajstić information content (AvgIpc) is 3.35. The van der Waals surface area contributed by atoms with Crippen molar-refractivity contribution in [3.8, 4) is 0 Å². The number of rotatable bonds is 9. The summed E-state index contributed by atoms with van der Waals surface area (Å²) in [5.41, 5.74) is 4.51. The Balaban J connectivity index is 1.35. The fourth-order valence-corrected chi connectivity index (χ4v) is 7.87. The molecule has 1 aliphatic carbocycles. The number of Topliss-reactive ketones (excluding diaryl/α,β-unsaturated/α-hetero) is 1. The Morgan fingerprint density at radius 2 is 1.56 bits per heavy atom. The molecule has 1 heterocycles. The lowest BCUT2D eigenvalue weighted by molar-refractivity contribution is -0.115. The summed E-state index contributed by atoms with van der Waals surface area (Å²) >= 11 is 8.44. The molecule has 0 aliphatic heterocycles. The molecule has 1 aromatic heterocycles. The van der Waals surface area contributed by atoms with Crippen LogP contribution in [0, 0.1) is 0 Å². The smallest absolute Gasteiger partial charge is 0.341 e.